The van der Waals surface area contributed by atoms with Crippen LogP contribution in [0.2, 0.25) is 0 Å². The maximum atomic E-state index is 12.4. The Hall–Kier alpha value is -3.39. The SMILES string of the molecule is O=C(NC1CCC(C(=O)NCC[C@H](O)C(=O)O)C1)OCC1c2ccccc2-c2ccccc21. The van der Waals surface area contributed by atoms with Crippen molar-refractivity contribution in [3.8, 4) is 11.1 Å². The molecule has 4 rings (SSSR count). The number of benzene rings is 2. The van der Waals surface area contributed by atoms with Gasteiger partial charge < -0.3 is 25.6 Å². The van der Waals surface area contributed by atoms with Crippen molar-refractivity contribution in [3.05, 3.63) is 59.7 Å². The average Bonchev–Trinajstić information content (AvgIpc) is 3.40. The summed E-state index contributed by atoms with van der Waals surface area (Å²) in [5.74, 6) is -1.76. The van der Waals surface area contributed by atoms with E-state index in [1.54, 1.807) is 0 Å². The minimum Gasteiger partial charge on any atom is -0.479 e. The standard InChI is InChI=1S/C25H28N2O6/c28-22(24(30)31)11-12-26-23(29)15-9-10-16(13-15)27-25(32)33-14-21-19-7-3-1-5-17(19)18-6-2-4-8-20(18)21/h1-8,15-16,21-22,28H,9-14H2,(H,26,29)(H,27,32)(H,30,31)/t15?,16?,22-/m0/s1. The molecule has 8 heteroatoms. The molecule has 8 nitrogen and oxygen atoms in total. The summed E-state index contributed by atoms with van der Waals surface area (Å²) >= 11 is 0. The first kappa shape index (κ1) is 22.8. The third kappa shape index (κ3) is 5.17. The molecule has 2 aliphatic carbocycles. The second-order valence-corrected chi connectivity index (χ2v) is 8.61. The van der Waals surface area contributed by atoms with Crippen LogP contribution in [0.15, 0.2) is 48.5 Å². The first-order chi connectivity index (χ1) is 15.9. The molecule has 0 spiro atoms. The van der Waals surface area contributed by atoms with Crippen LogP contribution in [0.1, 0.15) is 42.7 Å². The number of ether oxygens (including phenoxy) is 1. The second kappa shape index (κ2) is 10.0. The van der Waals surface area contributed by atoms with Gasteiger partial charge in [-0.05, 0) is 41.5 Å². The minimum atomic E-state index is -1.49. The number of aliphatic hydroxyl groups is 1. The van der Waals surface area contributed by atoms with Crippen LogP contribution in [0.4, 0.5) is 4.79 Å². The molecule has 2 unspecified atom stereocenters. The van der Waals surface area contributed by atoms with E-state index in [0.29, 0.717) is 19.3 Å². The zero-order valence-corrected chi connectivity index (χ0v) is 18.2. The highest BCUT2D eigenvalue weighted by Gasteiger charge is 2.32. The number of carboxylic acid groups (broad SMARTS) is 1. The molecule has 174 valence electrons. The van der Waals surface area contributed by atoms with Gasteiger partial charge in [-0.2, -0.15) is 0 Å². The van der Waals surface area contributed by atoms with E-state index >= 15 is 0 Å². The van der Waals surface area contributed by atoms with Crippen molar-refractivity contribution in [2.45, 2.75) is 43.7 Å². The zero-order chi connectivity index (χ0) is 23.4. The topological polar surface area (TPSA) is 125 Å². The lowest BCUT2D eigenvalue weighted by Gasteiger charge is -2.17. The maximum absolute atomic E-state index is 12.4. The predicted octanol–water partition coefficient (Wildman–Crippen LogP) is 2.65. The molecule has 4 N–H and O–H groups in total. The molecule has 0 saturated heterocycles. The van der Waals surface area contributed by atoms with Crippen molar-refractivity contribution in [2.24, 2.45) is 5.92 Å². The summed E-state index contributed by atoms with van der Waals surface area (Å²) in [4.78, 5) is 35.3. The highest BCUT2D eigenvalue weighted by Crippen LogP contribution is 2.44. The third-order valence-corrected chi connectivity index (χ3v) is 6.47. The second-order valence-electron chi connectivity index (χ2n) is 8.61. The van der Waals surface area contributed by atoms with Crippen molar-refractivity contribution in [1.82, 2.24) is 10.6 Å². The summed E-state index contributed by atoms with van der Waals surface area (Å²) in [6.45, 7) is 0.329. The van der Waals surface area contributed by atoms with Crippen LogP contribution < -0.4 is 10.6 Å². The first-order valence-electron chi connectivity index (χ1n) is 11.2. The van der Waals surface area contributed by atoms with Gasteiger partial charge in [-0.1, -0.05) is 48.5 Å². The van der Waals surface area contributed by atoms with Crippen molar-refractivity contribution < 1.29 is 29.3 Å². The van der Waals surface area contributed by atoms with Gasteiger partial charge in [0.15, 0.2) is 6.10 Å². The van der Waals surface area contributed by atoms with Gasteiger partial charge >= 0.3 is 12.1 Å². The van der Waals surface area contributed by atoms with Crippen LogP contribution in [-0.4, -0.2) is 53.5 Å². The average molecular weight is 453 g/mol. The van der Waals surface area contributed by atoms with E-state index in [1.807, 2.05) is 24.3 Å². The van der Waals surface area contributed by atoms with Crippen molar-refractivity contribution >= 4 is 18.0 Å². The lowest BCUT2D eigenvalue weighted by atomic mass is 9.98. The Morgan fingerprint density at radius 1 is 1.00 bits per heavy atom. The van der Waals surface area contributed by atoms with Gasteiger partial charge in [0, 0.05) is 30.8 Å². The summed E-state index contributed by atoms with van der Waals surface area (Å²) in [7, 11) is 0. The van der Waals surface area contributed by atoms with Gasteiger partial charge in [0.1, 0.15) is 6.61 Å². The van der Waals surface area contributed by atoms with Crippen LogP contribution in [0.25, 0.3) is 11.1 Å². The highest BCUT2D eigenvalue weighted by atomic mass is 16.5. The number of hydrogen-bond acceptors (Lipinski definition) is 5. The molecule has 1 saturated carbocycles. The summed E-state index contributed by atoms with van der Waals surface area (Å²) in [6.07, 6.45) is -0.238. The van der Waals surface area contributed by atoms with E-state index in [2.05, 4.69) is 34.9 Å². The molecule has 0 bridgehead atoms. The molecule has 33 heavy (non-hydrogen) atoms. The van der Waals surface area contributed by atoms with Gasteiger partial charge in [0.05, 0.1) is 0 Å². The number of nitrogens with one attached hydrogen (secondary N) is 2. The van der Waals surface area contributed by atoms with E-state index in [9.17, 15) is 19.5 Å². The molecule has 0 radical (unpaired) electrons. The number of alkyl carbamates (subject to hydrolysis) is 1. The third-order valence-electron chi connectivity index (χ3n) is 6.47. The monoisotopic (exact) mass is 452 g/mol. The number of amides is 2. The Labute approximate surface area is 192 Å². The number of rotatable bonds is 8. The van der Waals surface area contributed by atoms with Crippen molar-refractivity contribution in [1.29, 1.82) is 0 Å². The molecule has 2 amide bonds. The van der Waals surface area contributed by atoms with Crippen molar-refractivity contribution in [3.63, 3.8) is 0 Å². The van der Waals surface area contributed by atoms with E-state index < -0.39 is 18.2 Å². The van der Waals surface area contributed by atoms with Crippen LogP contribution >= 0.6 is 0 Å². The van der Waals surface area contributed by atoms with Crippen LogP contribution in [0.5, 0.6) is 0 Å². The maximum Gasteiger partial charge on any atom is 0.407 e. The summed E-state index contributed by atoms with van der Waals surface area (Å²) < 4.78 is 5.58. The molecule has 1 fully saturated rings. The molecule has 3 atom stereocenters. The highest BCUT2D eigenvalue weighted by molar-refractivity contribution is 5.80. The normalized spacial score (nSPS) is 19.9. The van der Waals surface area contributed by atoms with Gasteiger partial charge in [-0.3, -0.25) is 4.79 Å². The Morgan fingerprint density at radius 2 is 1.64 bits per heavy atom. The first-order valence-corrected chi connectivity index (χ1v) is 11.2. The number of carboxylic acids is 1. The number of carbonyl (C=O) groups excluding carboxylic acids is 2. The lowest BCUT2D eigenvalue weighted by Crippen LogP contribution is -2.36. The molecule has 2 aliphatic rings. The lowest BCUT2D eigenvalue weighted by molar-refractivity contribution is -0.147. The quantitative estimate of drug-likeness (QED) is 0.488. The fraction of sp³-hybridized carbons (Fsp3) is 0.400. The van der Waals surface area contributed by atoms with E-state index in [-0.39, 0.29) is 43.4 Å². The molecule has 2 aromatic rings. The zero-order valence-electron chi connectivity index (χ0n) is 18.2. The smallest absolute Gasteiger partial charge is 0.407 e. The number of aliphatic hydroxyl groups excluding tert-OH is 1. The van der Waals surface area contributed by atoms with E-state index in [1.165, 1.54) is 11.1 Å². The fourth-order valence-corrected chi connectivity index (χ4v) is 4.76. The van der Waals surface area contributed by atoms with Gasteiger partial charge in [0.2, 0.25) is 5.91 Å². The minimum absolute atomic E-state index is 0.00796. The molecular formula is C25H28N2O6. The molecular weight excluding hydrogens is 424 g/mol. The summed E-state index contributed by atoms with van der Waals surface area (Å²) in [5, 5.41) is 23.5. The van der Waals surface area contributed by atoms with Crippen LogP contribution in [0, 0.1) is 5.92 Å². The van der Waals surface area contributed by atoms with Crippen molar-refractivity contribution in [2.75, 3.05) is 13.2 Å². The Kier molecular flexibility index (Phi) is 6.93. The summed E-state index contributed by atoms with van der Waals surface area (Å²) in [5.41, 5.74) is 4.64. The molecule has 0 heterocycles. The number of carbonyl (C=O) groups is 3. The molecule has 0 aliphatic heterocycles. The van der Waals surface area contributed by atoms with Gasteiger partial charge in [0.25, 0.3) is 0 Å². The Balaban J connectivity index is 1.24. The van der Waals surface area contributed by atoms with Gasteiger partial charge in [-0.15, -0.1) is 0 Å². The Bertz CT molecular complexity index is 994. The molecule has 0 aromatic heterocycles. The van der Waals surface area contributed by atoms with Gasteiger partial charge in [-0.25, -0.2) is 9.59 Å². The van der Waals surface area contributed by atoms with Crippen LogP contribution in [0.3, 0.4) is 0 Å². The Morgan fingerprint density at radius 3 is 2.27 bits per heavy atom. The number of hydrogen-bond donors (Lipinski definition) is 4. The van der Waals surface area contributed by atoms with E-state index in [4.69, 9.17) is 9.84 Å². The van der Waals surface area contributed by atoms with E-state index in [0.717, 1.165) is 11.1 Å². The predicted molar refractivity (Wildman–Crippen MR) is 121 cm³/mol. The largest absolute Gasteiger partial charge is 0.479 e. The van der Waals surface area contributed by atoms with Crippen LogP contribution in [-0.2, 0) is 14.3 Å². The number of fused-ring (bicyclic) bond motifs is 3. The fourth-order valence-electron chi connectivity index (χ4n) is 4.76. The molecule has 2 aromatic carbocycles. The number of aliphatic carboxylic acids is 1. The summed E-state index contributed by atoms with van der Waals surface area (Å²) in [6, 6.07) is 16.1.